The van der Waals surface area contributed by atoms with Crippen LogP contribution in [0.2, 0.25) is 0 Å². The average molecular weight is 255 g/mol. The van der Waals surface area contributed by atoms with Crippen LogP contribution in [-0.2, 0) is 4.79 Å². The maximum Gasteiger partial charge on any atom is 0.317 e. The molecule has 2 amide bonds. The smallest absolute Gasteiger partial charge is 0.317 e. The second kappa shape index (κ2) is 5.14. The van der Waals surface area contributed by atoms with Gasteiger partial charge in [0.15, 0.2) is 0 Å². The number of rotatable bonds is 3. The van der Waals surface area contributed by atoms with E-state index in [9.17, 15) is 9.59 Å². The molecule has 1 saturated heterocycles. The van der Waals surface area contributed by atoms with E-state index in [0.717, 1.165) is 32.1 Å². The van der Waals surface area contributed by atoms with Crippen molar-refractivity contribution in [2.45, 2.75) is 50.1 Å². The highest BCUT2D eigenvalue weighted by Gasteiger charge is 2.41. The lowest BCUT2D eigenvalue weighted by atomic mass is 9.74. The lowest BCUT2D eigenvalue weighted by Gasteiger charge is -2.43. The highest BCUT2D eigenvalue weighted by Crippen LogP contribution is 2.35. The van der Waals surface area contributed by atoms with Crippen LogP contribution in [0.25, 0.3) is 0 Å². The van der Waals surface area contributed by atoms with Gasteiger partial charge in [0.05, 0.1) is 12.0 Å². The third-order valence-corrected chi connectivity index (χ3v) is 3.92. The van der Waals surface area contributed by atoms with Crippen LogP contribution < -0.4 is 11.1 Å². The van der Waals surface area contributed by atoms with Crippen molar-refractivity contribution >= 4 is 12.0 Å². The summed E-state index contributed by atoms with van der Waals surface area (Å²) in [4.78, 5) is 24.6. The molecule has 0 aromatic heterocycles. The number of carboxylic acid groups (broad SMARTS) is 1. The summed E-state index contributed by atoms with van der Waals surface area (Å²) in [7, 11) is 0. The zero-order valence-corrected chi connectivity index (χ0v) is 10.5. The predicted octanol–water partition coefficient (Wildman–Crippen LogP) is 0.516. The molecule has 0 radical (unpaired) electrons. The number of nitrogens with one attached hydrogen (secondary N) is 1. The van der Waals surface area contributed by atoms with Crippen molar-refractivity contribution in [1.29, 1.82) is 0 Å². The second-order valence-electron chi connectivity index (χ2n) is 5.48. The van der Waals surface area contributed by atoms with Crippen molar-refractivity contribution in [3.05, 3.63) is 0 Å². The number of nitrogens with zero attached hydrogens (tertiary/aromatic N) is 1. The summed E-state index contributed by atoms with van der Waals surface area (Å²) in [5.74, 6) is -0.856. The maximum absolute atomic E-state index is 12.1. The Balaban J connectivity index is 1.91. The van der Waals surface area contributed by atoms with Gasteiger partial charge in [-0.2, -0.15) is 0 Å². The van der Waals surface area contributed by atoms with Gasteiger partial charge in [0.1, 0.15) is 0 Å². The van der Waals surface area contributed by atoms with Crippen molar-refractivity contribution in [1.82, 2.24) is 10.2 Å². The van der Waals surface area contributed by atoms with Crippen LogP contribution in [-0.4, -0.2) is 46.7 Å². The Kier molecular flexibility index (Phi) is 3.75. The molecule has 2 aliphatic rings. The molecular formula is C12H21N3O3. The first-order valence-corrected chi connectivity index (χ1v) is 6.55. The topological polar surface area (TPSA) is 95.7 Å². The van der Waals surface area contributed by atoms with Crippen molar-refractivity contribution in [3.63, 3.8) is 0 Å². The highest BCUT2D eigenvalue weighted by molar-refractivity contribution is 5.77. The van der Waals surface area contributed by atoms with Crippen LogP contribution in [0, 0.1) is 0 Å². The van der Waals surface area contributed by atoms with E-state index in [1.165, 1.54) is 0 Å². The van der Waals surface area contributed by atoms with E-state index < -0.39 is 11.5 Å². The molecular weight excluding hydrogens is 234 g/mol. The first kappa shape index (κ1) is 13.1. The fraction of sp³-hybridized carbons (Fsp3) is 0.833. The van der Waals surface area contributed by atoms with Gasteiger partial charge in [0, 0.05) is 19.1 Å². The molecule has 2 fully saturated rings. The molecule has 0 aromatic carbocycles. The Morgan fingerprint density at radius 1 is 1.39 bits per heavy atom. The number of aliphatic carboxylic acids is 1. The maximum atomic E-state index is 12.1. The van der Waals surface area contributed by atoms with Gasteiger partial charge in [-0.05, 0) is 32.1 Å². The lowest BCUT2D eigenvalue weighted by Crippen LogP contribution is -2.60. The van der Waals surface area contributed by atoms with E-state index in [4.69, 9.17) is 10.8 Å². The quantitative estimate of drug-likeness (QED) is 0.685. The summed E-state index contributed by atoms with van der Waals surface area (Å²) in [5.41, 5.74) is 5.31. The summed E-state index contributed by atoms with van der Waals surface area (Å²) >= 11 is 0. The molecule has 1 aliphatic carbocycles. The van der Waals surface area contributed by atoms with E-state index in [2.05, 4.69) is 5.32 Å². The largest absolute Gasteiger partial charge is 0.481 e. The first-order chi connectivity index (χ1) is 8.51. The summed E-state index contributed by atoms with van der Waals surface area (Å²) in [5, 5.41) is 11.8. The highest BCUT2D eigenvalue weighted by atomic mass is 16.4. The average Bonchev–Trinajstić information content (AvgIpc) is 2.25. The molecule has 1 aliphatic heterocycles. The third-order valence-electron chi connectivity index (χ3n) is 3.92. The Labute approximate surface area is 107 Å². The molecule has 1 heterocycles. The standard InChI is InChI=1S/C12H21N3O3/c13-9-3-1-6-15(8-9)11(18)14-12(4-2-5-12)7-10(16)17/h9H,1-8,13H2,(H,14,18)(H,16,17). The molecule has 6 nitrogen and oxygen atoms in total. The van der Waals surface area contributed by atoms with E-state index in [-0.39, 0.29) is 18.5 Å². The number of carbonyl (C=O) groups is 2. The van der Waals surface area contributed by atoms with Crippen LogP contribution in [0.15, 0.2) is 0 Å². The summed E-state index contributed by atoms with van der Waals surface area (Å²) in [6.07, 6.45) is 4.37. The van der Waals surface area contributed by atoms with Crippen LogP contribution in [0.5, 0.6) is 0 Å². The van der Waals surface area contributed by atoms with Crippen LogP contribution in [0.1, 0.15) is 38.5 Å². The van der Waals surface area contributed by atoms with Crippen molar-refractivity contribution in [2.24, 2.45) is 5.73 Å². The fourth-order valence-electron chi connectivity index (χ4n) is 2.74. The van der Waals surface area contributed by atoms with Crippen molar-refractivity contribution < 1.29 is 14.7 Å². The number of urea groups is 1. The number of hydrogen-bond acceptors (Lipinski definition) is 3. The minimum atomic E-state index is -0.856. The zero-order valence-electron chi connectivity index (χ0n) is 10.5. The Bertz CT molecular complexity index is 341. The molecule has 18 heavy (non-hydrogen) atoms. The molecule has 0 aromatic rings. The van der Waals surface area contributed by atoms with Crippen molar-refractivity contribution in [3.8, 4) is 0 Å². The van der Waals surface area contributed by atoms with E-state index in [1.807, 2.05) is 0 Å². The number of carbonyl (C=O) groups excluding carboxylic acids is 1. The van der Waals surface area contributed by atoms with Gasteiger partial charge in [-0.25, -0.2) is 4.79 Å². The van der Waals surface area contributed by atoms with Crippen LogP contribution in [0.3, 0.4) is 0 Å². The minimum absolute atomic E-state index is 0.0125. The third kappa shape index (κ3) is 2.93. The summed E-state index contributed by atoms with van der Waals surface area (Å²) in [6.45, 7) is 1.28. The van der Waals surface area contributed by atoms with Gasteiger partial charge in [0.2, 0.25) is 0 Å². The van der Waals surface area contributed by atoms with Gasteiger partial charge in [-0.3, -0.25) is 4.79 Å². The predicted molar refractivity (Wildman–Crippen MR) is 66.1 cm³/mol. The summed E-state index contributed by atoms with van der Waals surface area (Å²) < 4.78 is 0. The molecule has 1 unspecified atom stereocenters. The number of piperidine rings is 1. The molecule has 6 heteroatoms. The lowest BCUT2D eigenvalue weighted by molar-refractivity contribution is -0.139. The number of likely N-dealkylation sites (tertiary alicyclic amines) is 1. The summed E-state index contributed by atoms with van der Waals surface area (Å²) in [6, 6.07) is -0.118. The molecule has 0 spiro atoms. The molecule has 1 atom stereocenters. The Hall–Kier alpha value is -1.30. The number of hydrogen-bond donors (Lipinski definition) is 3. The van der Waals surface area contributed by atoms with Gasteiger partial charge >= 0.3 is 12.0 Å². The minimum Gasteiger partial charge on any atom is -0.481 e. The molecule has 0 bridgehead atoms. The molecule has 4 N–H and O–H groups in total. The Morgan fingerprint density at radius 2 is 2.11 bits per heavy atom. The van der Waals surface area contributed by atoms with Crippen LogP contribution >= 0.6 is 0 Å². The number of amides is 2. The number of carboxylic acids is 1. The van der Waals surface area contributed by atoms with E-state index in [1.54, 1.807) is 4.90 Å². The van der Waals surface area contributed by atoms with Gasteiger partial charge in [-0.1, -0.05) is 0 Å². The normalized spacial score (nSPS) is 26.3. The molecule has 2 rings (SSSR count). The number of nitrogens with two attached hydrogens (primary N) is 1. The van der Waals surface area contributed by atoms with Gasteiger partial charge < -0.3 is 21.1 Å². The zero-order chi connectivity index (χ0) is 13.2. The fourth-order valence-corrected chi connectivity index (χ4v) is 2.74. The van der Waals surface area contributed by atoms with E-state index >= 15 is 0 Å². The molecule has 102 valence electrons. The van der Waals surface area contributed by atoms with Crippen molar-refractivity contribution in [2.75, 3.05) is 13.1 Å². The van der Waals surface area contributed by atoms with E-state index in [0.29, 0.717) is 13.1 Å². The van der Waals surface area contributed by atoms with Gasteiger partial charge in [-0.15, -0.1) is 0 Å². The Morgan fingerprint density at radius 3 is 2.61 bits per heavy atom. The second-order valence-corrected chi connectivity index (χ2v) is 5.48. The molecule has 1 saturated carbocycles. The monoisotopic (exact) mass is 255 g/mol. The SMILES string of the molecule is NC1CCCN(C(=O)NC2(CC(=O)O)CCC2)C1. The first-order valence-electron chi connectivity index (χ1n) is 6.55. The van der Waals surface area contributed by atoms with Crippen LogP contribution in [0.4, 0.5) is 4.79 Å². The van der Waals surface area contributed by atoms with Gasteiger partial charge in [0.25, 0.3) is 0 Å².